The molecule has 0 spiro atoms. The number of ether oxygens (including phenoxy) is 1. The summed E-state index contributed by atoms with van der Waals surface area (Å²) in [4.78, 5) is 24.0. The fraction of sp³-hybridized carbons (Fsp3) is 0.321. The lowest BCUT2D eigenvalue weighted by Crippen LogP contribution is -2.44. The van der Waals surface area contributed by atoms with Gasteiger partial charge in [-0.2, -0.15) is 9.61 Å². The lowest BCUT2D eigenvalue weighted by molar-refractivity contribution is -0.125. The van der Waals surface area contributed by atoms with Crippen LogP contribution in [-0.2, 0) is 4.79 Å². The van der Waals surface area contributed by atoms with E-state index in [0.29, 0.717) is 42.9 Å². The van der Waals surface area contributed by atoms with Gasteiger partial charge in [0.25, 0.3) is 0 Å². The Morgan fingerprint density at radius 1 is 1.02 bits per heavy atom. The molecule has 1 unspecified atom stereocenters. The molecular weight excluding hydrogens is 508 g/mol. The van der Waals surface area contributed by atoms with Crippen molar-refractivity contribution < 1.29 is 9.53 Å². The van der Waals surface area contributed by atoms with Crippen molar-refractivity contribution in [3.05, 3.63) is 72.3 Å². The normalized spacial score (nSPS) is 15.3. The Balaban J connectivity index is 1.04. The van der Waals surface area contributed by atoms with E-state index < -0.39 is 0 Å². The Labute approximate surface area is 231 Å². The third kappa shape index (κ3) is 5.33. The topological polar surface area (TPSA) is 128 Å². The molecule has 1 N–H and O–H groups in total. The van der Waals surface area contributed by atoms with Crippen LogP contribution in [0.15, 0.2) is 60.9 Å². The number of nitrogens with one attached hydrogen (secondary N) is 1. The Kier molecular flexibility index (Phi) is 7.04. The summed E-state index contributed by atoms with van der Waals surface area (Å²) < 4.78 is 9.30. The van der Waals surface area contributed by atoms with Gasteiger partial charge >= 0.3 is 0 Å². The molecule has 1 saturated heterocycles. The van der Waals surface area contributed by atoms with Crippen LogP contribution in [0.25, 0.3) is 22.9 Å². The van der Waals surface area contributed by atoms with Gasteiger partial charge in [0.15, 0.2) is 17.3 Å². The number of aromatic nitrogens is 8. The van der Waals surface area contributed by atoms with E-state index in [-0.39, 0.29) is 11.8 Å². The first-order valence-corrected chi connectivity index (χ1v) is 13.3. The van der Waals surface area contributed by atoms with Crippen molar-refractivity contribution in [3.8, 4) is 23.1 Å². The minimum absolute atomic E-state index is 0.00899. The van der Waals surface area contributed by atoms with Crippen molar-refractivity contribution in [1.29, 1.82) is 0 Å². The summed E-state index contributed by atoms with van der Waals surface area (Å²) in [6.07, 6.45) is 3.28. The van der Waals surface area contributed by atoms with Crippen LogP contribution in [0, 0.1) is 19.8 Å². The molecule has 1 amide bonds. The van der Waals surface area contributed by atoms with Crippen LogP contribution < -0.4 is 15.0 Å². The Bertz CT molecular complexity index is 1630. The number of carbonyl (C=O) groups excluding carboxylic acids is 1. The number of aryl methyl sites for hydroxylation is 2. The zero-order chi connectivity index (χ0) is 27.5. The molecule has 204 valence electrons. The smallest absolute Gasteiger partial charge is 0.231 e. The average Bonchev–Trinajstić information content (AvgIpc) is 3.57. The molecule has 0 radical (unpaired) electrons. The first-order valence-electron chi connectivity index (χ1n) is 13.3. The Morgan fingerprint density at radius 3 is 2.70 bits per heavy atom. The van der Waals surface area contributed by atoms with Crippen LogP contribution in [0.1, 0.15) is 24.2 Å². The number of amides is 1. The number of anilines is 1. The van der Waals surface area contributed by atoms with Gasteiger partial charge < -0.3 is 15.0 Å². The molecular formula is C28H30N10O2. The SMILES string of the molecule is Cc1cc(C)n(-c2cc(N3CCCC(C(=O)NCCOc4ccc5nnc(-c6ccccc6)n5n4)C3)ncn2)n1. The van der Waals surface area contributed by atoms with Gasteiger partial charge in [-0.3, -0.25) is 4.79 Å². The highest BCUT2D eigenvalue weighted by atomic mass is 16.5. The average molecular weight is 539 g/mol. The number of rotatable bonds is 8. The minimum atomic E-state index is -0.138. The van der Waals surface area contributed by atoms with Gasteiger partial charge in [-0.1, -0.05) is 30.3 Å². The number of carbonyl (C=O) groups is 1. The number of nitrogens with zero attached hydrogens (tertiary/aromatic N) is 9. The number of hydrogen-bond donors (Lipinski definition) is 1. The fourth-order valence-corrected chi connectivity index (χ4v) is 4.98. The molecule has 12 nitrogen and oxygen atoms in total. The molecule has 0 aliphatic carbocycles. The van der Waals surface area contributed by atoms with Crippen LogP contribution >= 0.6 is 0 Å². The molecule has 40 heavy (non-hydrogen) atoms. The van der Waals surface area contributed by atoms with Gasteiger partial charge in [0.05, 0.1) is 18.2 Å². The van der Waals surface area contributed by atoms with E-state index in [1.165, 1.54) is 0 Å². The zero-order valence-electron chi connectivity index (χ0n) is 22.4. The first-order chi connectivity index (χ1) is 19.5. The van der Waals surface area contributed by atoms with E-state index in [4.69, 9.17) is 4.74 Å². The van der Waals surface area contributed by atoms with Gasteiger partial charge in [-0.15, -0.1) is 15.3 Å². The molecule has 0 bridgehead atoms. The Hall–Kier alpha value is -4.87. The molecule has 4 aromatic heterocycles. The number of hydrogen-bond acceptors (Lipinski definition) is 9. The van der Waals surface area contributed by atoms with Gasteiger partial charge in [0.1, 0.15) is 18.8 Å². The van der Waals surface area contributed by atoms with Crippen molar-refractivity contribution in [2.24, 2.45) is 5.92 Å². The van der Waals surface area contributed by atoms with Gasteiger partial charge in [0, 0.05) is 36.5 Å². The zero-order valence-corrected chi connectivity index (χ0v) is 22.4. The molecule has 1 aromatic carbocycles. The second kappa shape index (κ2) is 11.1. The van der Waals surface area contributed by atoms with Gasteiger partial charge in [0.2, 0.25) is 11.8 Å². The molecule has 1 aliphatic rings. The molecule has 1 fully saturated rings. The summed E-state index contributed by atoms with van der Waals surface area (Å²) in [6.45, 7) is 6.05. The van der Waals surface area contributed by atoms with E-state index in [2.05, 4.69) is 40.6 Å². The summed E-state index contributed by atoms with van der Waals surface area (Å²) in [5.74, 6) is 2.46. The predicted molar refractivity (Wildman–Crippen MR) is 148 cm³/mol. The van der Waals surface area contributed by atoms with Crippen molar-refractivity contribution in [2.45, 2.75) is 26.7 Å². The fourth-order valence-electron chi connectivity index (χ4n) is 4.98. The molecule has 1 aliphatic heterocycles. The highest BCUT2D eigenvalue weighted by Gasteiger charge is 2.27. The van der Waals surface area contributed by atoms with Crippen LogP contribution in [0.4, 0.5) is 5.82 Å². The lowest BCUT2D eigenvalue weighted by Gasteiger charge is -2.32. The maximum Gasteiger partial charge on any atom is 0.231 e. The van der Waals surface area contributed by atoms with Crippen molar-refractivity contribution in [1.82, 2.24) is 44.9 Å². The van der Waals surface area contributed by atoms with E-state index in [0.717, 1.165) is 42.2 Å². The van der Waals surface area contributed by atoms with E-state index in [1.807, 2.05) is 67.1 Å². The highest BCUT2D eigenvalue weighted by molar-refractivity contribution is 5.79. The molecule has 5 heterocycles. The first kappa shape index (κ1) is 25.4. The summed E-state index contributed by atoms with van der Waals surface area (Å²) in [5, 5.41) is 20.5. The van der Waals surface area contributed by atoms with E-state index in [9.17, 15) is 4.79 Å². The molecule has 6 rings (SSSR count). The second-order valence-electron chi connectivity index (χ2n) is 9.83. The van der Waals surface area contributed by atoms with Crippen molar-refractivity contribution >= 4 is 17.4 Å². The quantitative estimate of drug-likeness (QED) is 0.297. The minimum Gasteiger partial charge on any atom is -0.475 e. The number of benzene rings is 1. The Morgan fingerprint density at radius 2 is 1.88 bits per heavy atom. The maximum atomic E-state index is 13.0. The maximum absolute atomic E-state index is 13.0. The standard InChI is InChI=1S/C28H30N10O2/c1-19-15-20(2)37(34-19)25-16-24(30-18-31-25)36-13-6-9-22(17-36)28(39)29-12-14-40-26-11-10-23-32-33-27(38(23)35-26)21-7-4-3-5-8-21/h3-5,7-8,10-11,15-16,18,22H,6,9,12-14,17H2,1-2H3,(H,29,39). The van der Waals surface area contributed by atoms with E-state index in [1.54, 1.807) is 16.9 Å². The summed E-state index contributed by atoms with van der Waals surface area (Å²) in [6, 6.07) is 17.2. The third-order valence-electron chi connectivity index (χ3n) is 6.90. The summed E-state index contributed by atoms with van der Waals surface area (Å²) >= 11 is 0. The van der Waals surface area contributed by atoms with Gasteiger partial charge in [-0.25, -0.2) is 14.6 Å². The molecule has 1 atom stereocenters. The third-order valence-corrected chi connectivity index (χ3v) is 6.90. The van der Waals surface area contributed by atoms with Crippen LogP contribution in [-0.4, -0.2) is 71.7 Å². The summed E-state index contributed by atoms with van der Waals surface area (Å²) in [7, 11) is 0. The van der Waals surface area contributed by atoms with Crippen LogP contribution in [0.3, 0.4) is 0 Å². The van der Waals surface area contributed by atoms with Crippen LogP contribution in [0.5, 0.6) is 5.88 Å². The predicted octanol–water partition coefficient (Wildman–Crippen LogP) is 2.80. The molecule has 0 saturated carbocycles. The highest BCUT2D eigenvalue weighted by Crippen LogP contribution is 2.23. The number of piperidine rings is 1. The lowest BCUT2D eigenvalue weighted by atomic mass is 9.97. The van der Waals surface area contributed by atoms with Crippen LogP contribution in [0.2, 0.25) is 0 Å². The van der Waals surface area contributed by atoms with Crippen molar-refractivity contribution in [2.75, 3.05) is 31.1 Å². The van der Waals surface area contributed by atoms with Crippen molar-refractivity contribution in [3.63, 3.8) is 0 Å². The molecule has 12 heteroatoms. The summed E-state index contributed by atoms with van der Waals surface area (Å²) in [5.41, 5.74) is 3.49. The molecule has 5 aromatic rings. The number of fused-ring (bicyclic) bond motifs is 1. The second-order valence-corrected chi connectivity index (χ2v) is 9.83. The monoisotopic (exact) mass is 538 g/mol. The van der Waals surface area contributed by atoms with Gasteiger partial charge in [-0.05, 0) is 38.8 Å². The largest absolute Gasteiger partial charge is 0.475 e. The van der Waals surface area contributed by atoms with E-state index >= 15 is 0 Å².